The third-order valence-electron chi connectivity index (χ3n) is 3.46. The largest absolute Gasteiger partial charge is 0.353 e. The number of benzene rings is 1. The highest BCUT2D eigenvalue weighted by Gasteiger charge is 2.12. The van der Waals surface area contributed by atoms with Crippen LogP contribution < -0.4 is 5.56 Å². The van der Waals surface area contributed by atoms with Crippen LogP contribution in [0.5, 0.6) is 0 Å². The van der Waals surface area contributed by atoms with Crippen LogP contribution >= 0.6 is 0 Å². The van der Waals surface area contributed by atoms with E-state index in [-0.39, 0.29) is 11.5 Å². The number of aromatic amines is 2. The van der Waals surface area contributed by atoms with Crippen molar-refractivity contribution in [1.29, 1.82) is 0 Å². The summed E-state index contributed by atoms with van der Waals surface area (Å²) in [5.74, 6) is 0.287. The van der Waals surface area contributed by atoms with Crippen LogP contribution in [0.1, 0.15) is 31.0 Å². The van der Waals surface area contributed by atoms with Crippen molar-refractivity contribution in [1.82, 2.24) is 9.97 Å². The van der Waals surface area contributed by atoms with Gasteiger partial charge in [0.25, 0.3) is 0 Å². The summed E-state index contributed by atoms with van der Waals surface area (Å²) < 4.78 is 0. The highest BCUT2D eigenvalue weighted by Crippen LogP contribution is 2.29. The summed E-state index contributed by atoms with van der Waals surface area (Å²) in [5, 5.41) is 2.14. The lowest BCUT2D eigenvalue weighted by Gasteiger charge is -2.05. The van der Waals surface area contributed by atoms with Gasteiger partial charge in [0.1, 0.15) is 0 Å². The molecule has 1 aromatic carbocycles. The van der Waals surface area contributed by atoms with E-state index in [1.807, 2.05) is 6.07 Å². The molecule has 0 aliphatic rings. The van der Waals surface area contributed by atoms with Crippen LogP contribution in [0.3, 0.4) is 0 Å². The minimum atomic E-state index is -0.0337. The van der Waals surface area contributed by atoms with Crippen LogP contribution in [0.4, 0.5) is 0 Å². The molecular weight excluding hydrogens is 224 g/mol. The second-order valence-electron chi connectivity index (χ2n) is 5.11. The highest BCUT2D eigenvalue weighted by atomic mass is 16.1. The van der Waals surface area contributed by atoms with E-state index in [9.17, 15) is 4.79 Å². The number of hydrogen-bond acceptors (Lipinski definition) is 1. The van der Waals surface area contributed by atoms with E-state index >= 15 is 0 Å². The molecule has 0 spiro atoms. The van der Waals surface area contributed by atoms with Crippen LogP contribution in [0.2, 0.25) is 0 Å². The summed E-state index contributed by atoms with van der Waals surface area (Å²) in [6, 6.07) is 7.85. The average Bonchev–Trinajstić information content (AvgIpc) is 2.68. The molecule has 0 amide bonds. The topological polar surface area (TPSA) is 48.6 Å². The van der Waals surface area contributed by atoms with Gasteiger partial charge in [0.15, 0.2) is 0 Å². The van der Waals surface area contributed by atoms with Gasteiger partial charge in [-0.15, -0.1) is 0 Å². The van der Waals surface area contributed by atoms with Crippen LogP contribution in [0.15, 0.2) is 29.1 Å². The predicted molar refractivity (Wildman–Crippen MR) is 75.3 cm³/mol. The Morgan fingerprint density at radius 2 is 1.83 bits per heavy atom. The third kappa shape index (κ3) is 1.47. The SMILES string of the molecule is Cc1cccc2c1[nH]c1c(C(C)C)[nH]c(=O)cc12. The molecule has 3 nitrogen and oxygen atoms in total. The maximum absolute atomic E-state index is 11.8. The molecule has 0 bridgehead atoms. The Hall–Kier alpha value is -2.03. The molecule has 2 N–H and O–H groups in total. The summed E-state index contributed by atoms with van der Waals surface area (Å²) >= 11 is 0. The van der Waals surface area contributed by atoms with Crippen molar-refractivity contribution in [3.05, 3.63) is 45.9 Å². The lowest BCUT2D eigenvalue weighted by Crippen LogP contribution is -2.08. The van der Waals surface area contributed by atoms with Gasteiger partial charge in [-0.1, -0.05) is 32.0 Å². The van der Waals surface area contributed by atoms with E-state index in [1.165, 1.54) is 5.56 Å². The Kier molecular flexibility index (Phi) is 2.30. The number of aryl methyl sites for hydroxylation is 1. The molecule has 2 aromatic heterocycles. The van der Waals surface area contributed by atoms with Gasteiger partial charge < -0.3 is 9.97 Å². The van der Waals surface area contributed by atoms with Crippen molar-refractivity contribution in [2.75, 3.05) is 0 Å². The molecule has 3 aromatic rings. The van der Waals surface area contributed by atoms with Crippen molar-refractivity contribution < 1.29 is 0 Å². The fraction of sp³-hybridized carbons (Fsp3) is 0.267. The van der Waals surface area contributed by atoms with Crippen LogP contribution in [0, 0.1) is 6.92 Å². The fourth-order valence-corrected chi connectivity index (χ4v) is 2.54. The van der Waals surface area contributed by atoms with Gasteiger partial charge in [0.2, 0.25) is 5.56 Å². The lowest BCUT2D eigenvalue weighted by molar-refractivity contribution is 0.825. The maximum Gasteiger partial charge on any atom is 0.248 e. The molecule has 0 unspecified atom stereocenters. The number of hydrogen-bond donors (Lipinski definition) is 2. The van der Waals surface area contributed by atoms with Crippen molar-refractivity contribution in [2.45, 2.75) is 26.7 Å². The van der Waals surface area contributed by atoms with Crippen LogP contribution in [0.25, 0.3) is 21.8 Å². The second kappa shape index (κ2) is 3.73. The minimum absolute atomic E-state index is 0.0337. The Morgan fingerprint density at radius 1 is 1.06 bits per heavy atom. The Morgan fingerprint density at radius 3 is 2.56 bits per heavy atom. The summed E-state index contributed by atoms with van der Waals surface area (Å²) in [7, 11) is 0. The average molecular weight is 240 g/mol. The predicted octanol–water partition coefficient (Wildman–Crippen LogP) is 3.44. The molecule has 0 atom stereocenters. The van der Waals surface area contributed by atoms with Gasteiger partial charge in [0, 0.05) is 28.0 Å². The van der Waals surface area contributed by atoms with Crippen molar-refractivity contribution in [3.63, 3.8) is 0 Å². The molecule has 0 aliphatic heterocycles. The third-order valence-corrected chi connectivity index (χ3v) is 3.46. The number of rotatable bonds is 1. The maximum atomic E-state index is 11.8. The number of para-hydroxylation sites is 1. The first-order valence-electron chi connectivity index (χ1n) is 6.22. The van der Waals surface area contributed by atoms with E-state index in [1.54, 1.807) is 6.07 Å². The van der Waals surface area contributed by atoms with E-state index in [4.69, 9.17) is 0 Å². The molecule has 0 aliphatic carbocycles. The van der Waals surface area contributed by atoms with Gasteiger partial charge in [-0.05, 0) is 18.4 Å². The Balaban J connectivity index is 2.57. The fourth-order valence-electron chi connectivity index (χ4n) is 2.54. The smallest absolute Gasteiger partial charge is 0.248 e. The normalized spacial score (nSPS) is 11.8. The summed E-state index contributed by atoms with van der Waals surface area (Å²) in [4.78, 5) is 18.2. The van der Waals surface area contributed by atoms with E-state index in [0.29, 0.717) is 0 Å². The van der Waals surface area contributed by atoms with Gasteiger partial charge in [-0.2, -0.15) is 0 Å². The summed E-state index contributed by atoms with van der Waals surface area (Å²) in [5.41, 5.74) is 4.31. The first-order valence-corrected chi connectivity index (χ1v) is 6.22. The van der Waals surface area contributed by atoms with Gasteiger partial charge in [0.05, 0.1) is 5.52 Å². The number of H-pyrrole nitrogens is 2. The number of pyridine rings is 1. The van der Waals surface area contributed by atoms with Crippen LogP contribution in [-0.2, 0) is 0 Å². The molecule has 3 rings (SSSR count). The molecule has 0 saturated carbocycles. The molecule has 0 radical (unpaired) electrons. The second-order valence-corrected chi connectivity index (χ2v) is 5.11. The summed E-state index contributed by atoms with van der Waals surface area (Å²) in [6.07, 6.45) is 0. The Labute approximate surface area is 105 Å². The van der Waals surface area contributed by atoms with Crippen molar-refractivity contribution in [2.24, 2.45) is 0 Å². The summed E-state index contributed by atoms with van der Waals surface area (Å²) in [6.45, 7) is 6.25. The standard InChI is InChI=1S/C15H16N2O/c1-8(2)13-15-11(7-12(18)16-13)10-6-4-5-9(3)14(10)17-15/h4-8,17H,1-3H3,(H,16,18). The van der Waals surface area contributed by atoms with E-state index in [2.05, 4.69) is 42.9 Å². The zero-order valence-corrected chi connectivity index (χ0v) is 10.8. The van der Waals surface area contributed by atoms with Gasteiger partial charge in [-0.25, -0.2) is 0 Å². The zero-order chi connectivity index (χ0) is 12.9. The number of nitrogens with one attached hydrogen (secondary N) is 2. The Bertz CT molecular complexity index is 793. The van der Waals surface area contributed by atoms with Crippen molar-refractivity contribution >= 4 is 21.8 Å². The molecule has 92 valence electrons. The van der Waals surface area contributed by atoms with Gasteiger partial charge >= 0.3 is 0 Å². The molecule has 0 fully saturated rings. The van der Waals surface area contributed by atoms with E-state index < -0.39 is 0 Å². The zero-order valence-electron chi connectivity index (χ0n) is 10.8. The highest BCUT2D eigenvalue weighted by molar-refractivity contribution is 6.08. The van der Waals surface area contributed by atoms with E-state index in [0.717, 1.165) is 27.5 Å². The number of fused-ring (bicyclic) bond motifs is 3. The molecule has 0 saturated heterocycles. The first kappa shape index (κ1) is 11.1. The monoisotopic (exact) mass is 240 g/mol. The minimum Gasteiger partial charge on any atom is -0.353 e. The molecule has 18 heavy (non-hydrogen) atoms. The quantitative estimate of drug-likeness (QED) is 0.672. The molecule has 3 heteroatoms. The van der Waals surface area contributed by atoms with Crippen molar-refractivity contribution in [3.8, 4) is 0 Å². The van der Waals surface area contributed by atoms with Gasteiger partial charge in [-0.3, -0.25) is 4.79 Å². The first-order chi connectivity index (χ1) is 8.58. The number of aromatic nitrogens is 2. The van der Waals surface area contributed by atoms with Crippen LogP contribution in [-0.4, -0.2) is 9.97 Å². The molecule has 2 heterocycles. The lowest BCUT2D eigenvalue weighted by atomic mass is 10.1. The molecular formula is C15H16N2O.